The van der Waals surface area contributed by atoms with Crippen LogP contribution in [0.2, 0.25) is 0 Å². The number of nitrogens with one attached hydrogen (secondary N) is 2. The van der Waals surface area contributed by atoms with Gasteiger partial charge >= 0.3 is 6.09 Å². The van der Waals surface area contributed by atoms with Gasteiger partial charge in [-0.15, -0.1) is 0 Å². The SMILES string of the molecule is CCC(C)C(NC(=O)OC(C)(C)C)C(=O)N(C1CC1)C(C(=O)NC(C)C)c1c(C)cccc1C. The Morgan fingerprint density at radius 2 is 1.62 bits per heavy atom. The van der Waals surface area contributed by atoms with Gasteiger partial charge in [-0.2, -0.15) is 0 Å². The van der Waals surface area contributed by atoms with Gasteiger partial charge in [-0.3, -0.25) is 9.59 Å². The number of hydrogen-bond donors (Lipinski definition) is 2. The number of aryl methyl sites for hydroxylation is 2. The number of carbonyl (C=O) groups is 3. The Hall–Kier alpha value is -2.57. The summed E-state index contributed by atoms with van der Waals surface area (Å²) in [6.45, 7) is 17.1. The van der Waals surface area contributed by atoms with Gasteiger partial charge in [0.1, 0.15) is 17.7 Å². The molecular formula is C27H43N3O4. The van der Waals surface area contributed by atoms with Gasteiger partial charge in [0.25, 0.3) is 0 Å². The largest absolute Gasteiger partial charge is 0.444 e. The zero-order chi connectivity index (χ0) is 25.8. The van der Waals surface area contributed by atoms with E-state index in [1.165, 1.54) is 0 Å². The molecule has 1 aromatic carbocycles. The third-order valence-corrected chi connectivity index (χ3v) is 6.12. The van der Waals surface area contributed by atoms with Gasteiger partial charge in [0.15, 0.2) is 0 Å². The minimum absolute atomic E-state index is 0.0404. The van der Waals surface area contributed by atoms with Gasteiger partial charge in [0.05, 0.1) is 0 Å². The van der Waals surface area contributed by atoms with Crippen LogP contribution in [-0.4, -0.2) is 46.5 Å². The third kappa shape index (κ3) is 7.21. The van der Waals surface area contributed by atoms with Crippen molar-refractivity contribution in [2.75, 3.05) is 0 Å². The second-order valence-electron chi connectivity index (χ2n) is 10.9. The lowest BCUT2D eigenvalue weighted by molar-refractivity contribution is -0.144. The second-order valence-corrected chi connectivity index (χ2v) is 10.9. The molecule has 1 aromatic rings. The maximum Gasteiger partial charge on any atom is 0.408 e. The Balaban J connectivity index is 2.53. The molecule has 190 valence electrons. The van der Waals surface area contributed by atoms with Gasteiger partial charge in [-0.25, -0.2) is 4.79 Å². The van der Waals surface area contributed by atoms with Crippen molar-refractivity contribution in [2.24, 2.45) is 5.92 Å². The Morgan fingerprint density at radius 3 is 2.06 bits per heavy atom. The van der Waals surface area contributed by atoms with Crippen LogP contribution < -0.4 is 10.6 Å². The molecule has 1 saturated carbocycles. The van der Waals surface area contributed by atoms with Crippen LogP contribution in [0.5, 0.6) is 0 Å². The molecule has 2 N–H and O–H groups in total. The molecule has 3 unspecified atom stereocenters. The number of ether oxygens (including phenoxy) is 1. The standard InChI is InChI=1S/C27H43N3O4/c1-10-17(4)22(29-26(33)34-27(7,8)9)25(32)30(20-14-15-20)23(24(31)28-16(2)3)21-18(5)12-11-13-19(21)6/h11-13,16-17,20,22-23H,10,14-15H2,1-9H3,(H,28,31)(H,29,33). The topological polar surface area (TPSA) is 87.7 Å². The van der Waals surface area contributed by atoms with E-state index in [2.05, 4.69) is 10.6 Å². The average molecular weight is 474 g/mol. The van der Waals surface area contributed by atoms with E-state index in [0.717, 1.165) is 29.5 Å². The molecule has 0 heterocycles. The Labute approximate surface area is 205 Å². The van der Waals surface area contributed by atoms with Gasteiger partial charge < -0.3 is 20.3 Å². The van der Waals surface area contributed by atoms with Crippen LogP contribution >= 0.6 is 0 Å². The van der Waals surface area contributed by atoms with Crippen LogP contribution in [-0.2, 0) is 14.3 Å². The maximum atomic E-state index is 14.1. The number of benzene rings is 1. The summed E-state index contributed by atoms with van der Waals surface area (Å²) < 4.78 is 5.45. The predicted octanol–water partition coefficient (Wildman–Crippen LogP) is 4.80. The quantitative estimate of drug-likeness (QED) is 0.539. The number of alkyl carbamates (subject to hydrolysis) is 1. The summed E-state index contributed by atoms with van der Waals surface area (Å²) >= 11 is 0. The van der Waals surface area contributed by atoms with E-state index in [1.807, 2.05) is 59.7 Å². The van der Waals surface area contributed by atoms with E-state index in [1.54, 1.807) is 25.7 Å². The molecule has 7 nitrogen and oxygen atoms in total. The molecule has 1 aliphatic carbocycles. The molecule has 1 fully saturated rings. The molecule has 0 aromatic heterocycles. The molecule has 1 aliphatic rings. The Kier molecular flexibility index (Phi) is 9.15. The Bertz CT molecular complexity index is 866. The van der Waals surface area contributed by atoms with E-state index >= 15 is 0 Å². The normalized spacial score (nSPS) is 16.4. The molecule has 3 amide bonds. The van der Waals surface area contributed by atoms with Gasteiger partial charge in [-0.1, -0.05) is 38.5 Å². The van der Waals surface area contributed by atoms with Gasteiger partial charge in [0.2, 0.25) is 11.8 Å². The number of nitrogens with zero attached hydrogens (tertiary/aromatic N) is 1. The van der Waals surface area contributed by atoms with Crippen LogP contribution in [0.25, 0.3) is 0 Å². The monoisotopic (exact) mass is 473 g/mol. The van der Waals surface area contributed by atoms with E-state index in [4.69, 9.17) is 4.74 Å². The van der Waals surface area contributed by atoms with E-state index < -0.39 is 23.8 Å². The summed E-state index contributed by atoms with van der Waals surface area (Å²) in [5.74, 6) is -0.574. The first-order valence-corrected chi connectivity index (χ1v) is 12.4. The summed E-state index contributed by atoms with van der Waals surface area (Å²) in [7, 11) is 0. The molecule has 0 aliphatic heterocycles. The van der Waals surface area contributed by atoms with Crippen molar-refractivity contribution >= 4 is 17.9 Å². The van der Waals surface area contributed by atoms with Crippen molar-refractivity contribution in [3.63, 3.8) is 0 Å². The molecule has 2 rings (SSSR count). The number of hydrogen-bond acceptors (Lipinski definition) is 4. The van der Waals surface area contributed by atoms with Crippen LogP contribution in [0.3, 0.4) is 0 Å². The zero-order valence-electron chi connectivity index (χ0n) is 22.3. The molecule has 34 heavy (non-hydrogen) atoms. The van der Waals surface area contributed by atoms with Gasteiger partial charge in [0, 0.05) is 12.1 Å². The zero-order valence-corrected chi connectivity index (χ0v) is 22.3. The van der Waals surface area contributed by atoms with Crippen molar-refractivity contribution in [2.45, 2.75) is 111 Å². The minimum Gasteiger partial charge on any atom is -0.444 e. The fourth-order valence-electron chi connectivity index (χ4n) is 4.17. The van der Waals surface area contributed by atoms with Crippen molar-refractivity contribution in [3.05, 3.63) is 34.9 Å². The van der Waals surface area contributed by atoms with Crippen LogP contribution in [0.4, 0.5) is 4.79 Å². The molecule has 0 radical (unpaired) electrons. The molecule has 0 bridgehead atoms. The second kappa shape index (κ2) is 11.2. The third-order valence-electron chi connectivity index (χ3n) is 6.12. The summed E-state index contributed by atoms with van der Waals surface area (Å²) in [4.78, 5) is 42.1. The highest BCUT2D eigenvalue weighted by Gasteiger charge is 2.45. The smallest absolute Gasteiger partial charge is 0.408 e. The highest BCUT2D eigenvalue weighted by molar-refractivity contribution is 5.93. The minimum atomic E-state index is -0.792. The van der Waals surface area contributed by atoms with Crippen LogP contribution in [0, 0.1) is 19.8 Å². The first-order valence-electron chi connectivity index (χ1n) is 12.4. The van der Waals surface area contributed by atoms with E-state index in [-0.39, 0.29) is 29.8 Å². The summed E-state index contributed by atoms with van der Waals surface area (Å²) in [5, 5.41) is 5.84. The van der Waals surface area contributed by atoms with Crippen molar-refractivity contribution in [1.82, 2.24) is 15.5 Å². The summed E-state index contributed by atoms with van der Waals surface area (Å²) in [6, 6.07) is 4.23. The lowest BCUT2D eigenvalue weighted by Gasteiger charge is -2.37. The molecule has 7 heteroatoms. The van der Waals surface area contributed by atoms with Crippen LogP contribution in [0.1, 0.15) is 90.5 Å². The summed E-state index contributed by atoms with van der Waals surface area (Å²) in [6.07, 6.45) is 1.73. The summed E-state index contributed by atoms with van der Waals surface area (Å²) in [5.41, 5.74) is 2.09. The lowest BCUT2D eigenvalue weighted by Crippen LogP contribution is -2.56. The molecule has 0 spiro atoms. The van der Waals surface area contributed by atoms with E-state index in [0.29, 0.717) is 6.42 Å². The maximum absolute atomic E-state index is 14.1. The van der Waals surface area contributed by atoms with Crippen LogP contribution in [0.15, 0.2) is 18.2 Å². The van der Waals surface area contributed by atoms with Gasteiger partial charge in [-0.05, 0) is 83.9 Å². The number of rotatable bonds is 9. The molecule has 0 saturated heterocycles. The first-order chi connectivity index (χ1) is 15.8. The lowest BCUT2D eigenvalue weighted by atomic mass is 9.91. The van der Waals surface area contributed by atoms with E-state index in [9.17, 15) is 14.4 Å². The highest BCUT2D eigenvalue weighted by atomic mass is 16.6. The fraction of sp³-hybridized carbons (Fsp3) is 0.667. The first kappa shape index (κ1) is 27.7. The Morgan fingerprint density at radius 1 is 1.06 bits per heavy atom. The molecular weight excluding hydrogens is 430 g/mol. The average Bonchev–Trinajstić information content (AvgIpc) is 3.53. The van der Waals surface area contributed by atoms with Crippen molar-refractivity contribution in [3.8, 4) is 0 Å². The number of carbonyl (C=O) groups excluding carboxylic acids is 3. The fourth-order valence-corrected chi connectivity index (χ4v) is 4.17. The molecule has 3 atom stereocenters. The highest BCUT2D eigenvalue weighted by Crippen LogP contribution is 2.38. The van der Waals surface area contributed by atoms with Crippen molar-refractivity contribution in [1.29, 1.82) is 0 Å². The number of amides is 3. The predicted molar refractivity (Wildman–Crippen MR) is 134 cm³/mol. The van der Waals surface area contributed by atoms with Crippen molar-refractivity contribution < 1.29 is 19.1 Å².